The van der Waals surface area contributed by atoms with Crippen LogP contribution in [0.4, 0.5) is 0 Å². The first-order valence-electron chi connectivity index (χ1n) is 8.99. The number of carbonyl (C=O) groups is 1. The Morgan fingerprint density at radius 2 is 0.905 bits per heavy atom. The minimum atomic E-state index is -0.653. The first-order valence-corrected chi connectivity index (χ1v) is 8.99. The van der Waals surface area contributed by atoms with Gasteiger partial charge in [-0.15, -0.1) is 0 Å². The Bertz CT molecular complexity index is 207. The van der Waals surface area contributed by atoms with E-state index >= 15 is 0 Å². The Hall–Kier alpha value is -0.0235. The van der Waals surface area contributed by atoms with Crippen LogP contribution in [-0.2, 0) is 21.6 Å². The fraction of sp³-hybridized carbons (Fsp3) is 0.944. The smallest absolute Gasteiger partial charge is 0.481 e. The van der Waals surface area contributed by atoms with Gasteiger partial charge in [-0.05, 0) is 6.42 Å². The van der Waals surface area contributed by atoms with Gasteiger partial charge in [0.05, 0.1) is 0 Å². The largest absolute Gasteiger partial charge is 2.00 e. The molecule has 1 N–H and O–H groups in total. The molecule has 0 saturated carbocycles. The Morgan fingerprint density at radius 3 is 1.19 bits per heavy atom. The maximum absolute atomic E-state index is 10.3. The number of rotatable bonds is 16. The van der Waals surface area contributed by atoms with Gasteiger partial charge in [0, 0.05) is 6.42 Å². The molecule has 0 bridgehead atoms. The van der Waals surface area contributed by atoms with Crippen LogP contribution in [0.25, 0.3) is 0 Å². The van der Waals surface area contributed by atoms with Crippen LogP contribution in [0, 0.1) is 0 Å². The maximum Gasteiger partial charge on any atom is 2.00 e. The van der Waals surface area contributed by atoms with Gasteiger partial charge in [0.2, 0.25) is 0 Å². The molecule has 0 aliphatic carbocycles. The molecule has 0 aromatic rings. The van der Waals surface area contributed by atoms with E-state index in [9.17, 15) is 4.79 Å². The predicted octanol–water partition coefficient (Wildman–Crippen LogP) is 6.33. The SMILES string of the molecule is CCCCCCCCCCCCCCCCCC(=O)O.[Co+2]. The van der Waals surface area contributed by atoms with E-state index in [1.165, 1.54) is 83.5 Å². The molecule has 1 radical (unpaired) electrons. The van der Waals surface area contributed by atoms with E-state index < -0.39 is 5.97 Å². The summed E-state index contributed by atoms with van der Waals surface area (Å²) in [6, 6.07) is 0. The van der Waals surface area contributed by atoms with Crippen molar-refractivity contribution >= 4 is 5.97 Å². The Labute approximate surface area is 142 Å². The van der Waals surface area contributed by atoms with Gasteiger partial charge >= 0.3 is 22.7 Å². The fourth-order valence-corrected chi connectivity index (χ4v) is 2.65. The molecule has 2 nitrogen and oxygen atoms in total. The third-order valence-electron chi connectivity index (χ3n) is 3.99. The molecular formula is C18H36CoO2+2. The molecule has 0 saturated heterocycles. The molecule has 3 heteroatoms. The average molecular weight is 343 g/mol. The number of carboxylic acids is 1. The van der Waals surface area contributed by atoms with Gasteiger partial charge in [-0.3, -0.25) is 4.79 Å². The molecule has 0 unspecified atom stereocenters. The summed E-state index contributed by atoms with van der Waals surface area (Å²) in [7, 11) is 0. The zero-order valence-corrected chi connectivity index (χ0v) is 15.0. The van der Waals surface area contributed by atoms with Crippen LogP contribution in [0.1, 0.15) is 110 Å². The van der Waals surface area contributed by atoms with Gasteiger partial charge in [0.15, 0.2) is 0 Å². The van der Waals surface area contributed by atoms with E-state index in [0.717, 1.165) is 12.8 Å². The van der Waals surface area contributed by atoms with Crippen molar-refractivity contribution in [3.8, 4) is 0 Å². The Morgan fingerprint density at radius 1 is 0.619 bits per heavy atom. The van der Waals surface area contributed by atoms with E-state index in [0.29, 0.717) is 6.42 Å². The second-order valence-electron chi connectivity index (χ2n) is 6.09. The van der Waals surface area contributed by atoms with Crippen LogP contribution in [-0.4, -0.2) is 11.1 Å². The van der Waals surface area contributed by atoms with E-state index in [-0.39, 0.29) is 16.8 Å². The topological polar surface area (TPSA) is 37.3 Å². The van der Waals surface area contributed by atoms with Crippen LogP contribution in [0.15, 0.2) is 0 Å². The van der Waals surface area contributed by atoms with Crippen molar-refractivity contribution in [2.24, 2.45) is 0 Å². The molecule has 127 valence electrons. The third-order valence-corrected chi connectivity index (χ3v) is 3.99. The monoisotopic (exact) mass is 343 g/mol. The number of aliphatic carboxylic acids is 1. The zero-order chi connectivity index (χ0) is 14.9. The molecule has 0 heterocycles. The third kappa shape index (κ3) is 22.4. The molecular weight excluding hydrogens is 307 g/mol. The van der Waals surface area contributed by atoms with Crippen molar-refractivity contribution < 1.29 is 26.7 Å². The fourth-order valence-electron chi connectivity index (χ4n) is 2.65. The minimum Gasteiger partial charge on any atom is -0.481 e. The second-order valence-corrected chi connectivity index (χ2v) is 6.09. The normalized spacial score (nSPS) is 10.3. The van der Waals surface area contributed by atoms with Crippen molar-refractivity contribution in [3.63, 3.8) is 0 Å². The molecule has 0 rings (SSSR count). The molecule has 0 aliphatic heterocycles. The van der Waals surface area contributed by atoms with Crippen LogP contribution in [0.2, 0.25) is 0 Å². The molecule has 0 aromatic carbocycles. The predicted molar refractivity (Wildman–Crippen MR) is 87.2 cm³/mol. The van der Waals surface area contributed by atoms with Crippen molar-refractivity contribution in [2.75, 3.05) is 0 Å². The van der Waals surface area contributed by atoms with Gasteiger partial charge in [-0.25, -0.2) is 0 Å². The zero-order valence-electron chi connectivity index (χ0n) is 14.0. The van der Waals surface area contributed by atoms with E-state index in [1.807, 2.05) is 0 Å². The quantitative estimate of drug-likeness (QED) is 0.332. The number of carboxylic acid groups (broad SMARTS) is 1. The summed E-state index contributed by atoms with van der Waals surface area (Å²) in [6.07, 6.45) is 20.2. The summed E-state index contributed by atoms with van der Waals surface area (Å²) in [5, 5.41) is 8.52. The minimum absolute atomic E-state index is 0. The van der Waals surface area contributed by atoms with Gasteiger partial charge in [-0.1, -0.05) is 96.8 Å². The Balaban J connectivity index is 0. The summed E-state index contributed by atoms with van der Waals surface area (Å²) in [6.45, 7) is 2.27. The summed E-state index contributed by atoms with van der Waals surface area (Å²) >= 11 is 0. The van der Waals surface area contributed by atoms with Crippen molar-refractivity contribution in [2.45, 2.75) is 110 Å². The Kier molecular flexibility index (Phi) is 22.1. The molecule has 0 spiro atoms. The summed E-state index contributed by atoms with van der Waals surface area (Å²) in [5.41, 5.74) is 0. The first-order chi connectivity index (χ1) is 9.77. The van der Waals surface area contributed by atoms with Gasteiger partial charge < -0.3 is 5.11 Å². The van der Waals surface area contributed by atoms with E-state index in [2.05, 4.69) is 6.92 Å². The van der Waals surface area contributed by atoms with Crippen LogP contribution < -0.4 is 0 Å². The van der Waals surface area contributed by atoms with Crippen molar-refractivity contribution in [1.82, 2.24) is 0 Å². The molecule has 0 aliphatic rings. The van der Waals surface area contributed by atoms with E-state index in [4.69, 9.17) is 5.11 Å². The first kappa shape index (κ1) is 23.2. The van der Waals surface area contributed by atoms with Crippen LogP contribution in [0.3, 0.4) is 0 Å². The molecule has 21 heavy (non-hydrogen) atoms. The van der Waals surface area contributed by atoms with Gasteiger partial charge in [0.25, 0.3) is 0 Å². The average Bonchev–Trinajstić information content (AvgIpc) is 2.43. The van der Waals surface area contributed by atoms with Gasteiger partial charge in [-0.2, -0.15) is 0 Å². The summed E-state index contributed by atoms with van der Waals surface area (Å²) in [4.78, 5) is 10.3. The molecule has 0 atom stereocenters. The van der Waals surface area contributed by atoms with E-state index in [1.54, 1.807) is 0 Å². The number of hydrogen-bond acceptors (Lipinski definition) is 1. The molecule has 0 aromatic heterocycles. The van der Waals surface area contributed by atoms with Crippen LogP contribution >= 0.6 is 0 Å². The van der Waals surface area contributed by atoms with Crippen molar-refractivity contribution in [1.29, 1.82) is 0 Å². The molecule has 0 amide bonds. The maximum atomic E-state index is 10.3. The second kappa shape index (κ2) is 20.0. The standard InChI is InChI=1S/C18H36O2.Co/c1-2-3-4-5-6-7-8-9-10-11-12-13-14-15-16-17-18(19)20;/h2-17H2,1H3,(H,19,20);/q;+2. The summed E-state index contributed by atoms with van der Waals surface area (Å²) < 4.78 is 0. The van der Waals surface area contributed by atoms with Crippen LogP contribution in [0.5, 0.6) is 0 Å². The number of unbranched alkanes of at least 4 members (excludes halogenated alkanes) is 14. The molecule has 0 fully saturated rings. The summed E-state index contributed by atoms with van der Waals surface area (Å²) in [5.74, 6) is -0.653. The van der Waals surface area contributed by atoms with Gasteiger partial charge in [0.1, 0.15) is 0 Å². The number of hydrogen-bond donors (Lipinski definition) is 1. The van der Waals surface area contributed by atoms with Crippen molar-refractivity contribution in [3.05, 3.63) is 0 Å².